The van der Waals surface area contributed by atoms with Crippen LogP contribution in [0, 0.1) is 0 Å². The van der Waals surface area contributed by atoms with Gasteiger partial charge in [0, 0.05) is 67.5 Å². The summed E-state index contributed by atoms with van der Waals surface area (Å²) < 4.78 is 38.2. The monoisotopic (exact) mass is 407 g/mol. The summed E-state index contributed by atoms with van der Waals surface area (Å²) >= 11 is 1.26. The number of hydrogen-bond acceptors (Lipinski definition) is 5. The number of halogens is 3. The van der Waals surface area contributed by atoms with Gasteiger partial charge in [-0.3, -0.25) is 4.90 Å². The van der Waals surface area contributed by atoms with E-state index in [1.807, 2.05) is 6.20 Å². The van der Waals surface area contributed by atoms with Gasteiger partial charge in [0.1, 0.15) is 5.69 Å². The Bertz CT molecular complexity index is 934. The first-order valence-corrected chi connectivity index (χ1v) is 10.1. The van der Waals surface area contributed by atoms with Gasteiger partial charge in [0.05, 0.1) is 0 Å². The maximum Gasteiger partial charge on any atom is 0.433 e. The van der Waals surface area contributed by atoms with E-state index in [0.717, 1.165) is 44.3 Å². The van der Waals surface area contributed by atoms with Crippen molar-refractivity contribution < 1.29 is 13.2 Å². The molecule has 1 aromatic carbocycles. The molecule has 5 nitrogen and oxygen atoms in total. The Morgan fingerprint density at radius 2 is 1.89 bits per heavy atom. The molecule has 9 heteroatoms. The van der Waals surface area contributed by atoms with Crippen LogP contribution in [0.4, 0.5) is 18.9 Å². The van der Waals surface area contributed by atoms with Gasteiger partial charge in [-0.15, -0.1) is 0 Å². The van der Waals surface area contributed by atoms with Crippen molar-refractivity contribution >= 4 is 28.4 Å². The molecule has 0 radical (unpaired) electrons. The summed E-state index contributed by atoms with van der Waals surface area (Å²) in [6.07, 6.45) is -1.31. The fourth-order valence-electron chi connectivity index (χ4n) is 3.39. The second-order valence-electron chi connectivity index (χ2n) is 6.62. The number of hydrogen-bond donors (Lipinski definition) is 1. The molecule has 0 spiro atoms. The number of benzene rings is 1. The number of anilines is 1. The fraction of sp³-hybridized carbons (Fsp3) is 0.368. The van der Waals surface area contributed by atoms with E-state index >= 15 is 0 Å². The Morgan fingerprint density at radius 3 is 2.68 bits per heavy atom. The Morgan fingerprint density at radius 1 is 1.07 bits per heavy atom. The molecule has 3 aromatic rings. The Hall–Kier alpha value is -2.26. The van der Waals surface area contributed by atoms with E-state index in [2.05, 4.69) is 49.0 Å². The number of nitrogens with zero attached hydrogens (tertiary/aromatic N) is 4. The van der Waals surface area contributed by atoms with Gasteiger partial charge in [-0.1, -0.05) is 17.8 Å². The van der Waals surface area contributed by atoms with E-state index < -0.39 is 11.9 Å². The van der Waals surface area contributed by atoms with Crippen molar-refractivity contribution in [1.82, 2.24) is 19.9 Å². The van der Waals surface area contributed by atoms with E-state index in [4.69, 9.17) is 0 Å². The first kappa shape index (κ1) is 19.1. The average Bonchev–Trinajstić information content (AvgIpc) is 3.17. The smallest absolute Gasteiger partial charge is 0.368 e. The van der Waals surface area contributed by atoms with Crippen molar-refractivity contribution in [3.63, 3.8) is 0 Å². The van der Waals surface area contributed by atoms with Gasteiger partial charge in [-0.05, 0) is 24.3 Å². The molecule has 0 saturated carbocycles. The third-order valence-electron chi connectivity index (χ3n) is 4.85. The quantitative estimate of drug-likeness (QED) is 0.514. The normalized spacial score (nSPS) is 16.0. The van der Waals surface area contributed by atoms with Gasteiger partial charge in [-0.25, -0.2) is 9.97 Å². The zero-order valence-electron chi connectivity index (χ0n) is 15.1. The van der Waals surface area contributed by atoms with E-state index in [1.54, 1.807) is 0 Å². The molecule has 3 heterocycles. The molecule has 0 aliphatic carbocycles. The lowest BCUT2D eigenvalue weighted by Crippen LogP contribution is -2.47. The lowest BCUT2D eigenvalue weighted by Gasteiger charge is -2.36. The number of aromatic amines is 1. The minimum absolute atomic E-state index is 0.174. The molecule has 0 unspecified atom stereocenters. The SMILES string of the molecule is FC(F)(F)c1ccnc(SCCN2CCN(c3cccc4[nH]ccc34)CC2)n1. The second-order valence-corrected chi connectivity index (χ2v) is 7.68. The largest absolute Gasteiger partial charge is 0.433 e. The van der Waals surface area contributed by atoms with Crippen LogP contribution in [0.1, 0.15) is 5.69 Å². The molecule has 1 aliphatic heterocycles. The lowest BCUT2D eigenvalue weighted by molar-refractivity contribution is -0.141. The first-order valence-electron chi connectivity index (χ1n) is 9.07. The molecule has 0 bridgehead atoms. The van der Waals surface area contributed by atoms with E-state index in [9.17, 15) is 13.2 Å². The molecule has 1 saturated heterocycles. The Labute approximate surface area is 165 Å². The van der Waals surface area contributed by atoms with Crippen LogP contribution in [0.5, 0.6) is 0 Å². The summed E-state index contributed by atoms with van der Waals surface area (Å²) in [5.74, 6) is 0.661. The zero-order valence-corrected chi connectivity index (χ0v) is 15.9. The molecule has 28 heavy (non-hydrogen) atoms. The van der Waals surface area contributed by atoms with Crippen LogP contribution in [0.2, 0.25) is 0 Å². The summed E-state index contributed by atoms with van der Waals surface area (Å²) in [7, 11) is 0. The highest BCUT2D eigenvalue weighted by Crippen LogP contribution is 2.29. The predicted molar refractivity (Wildman–Crippen MR) is 105 cm³/mol. The van der Waals surface area contributed by atoms with Crippen LogP contribution in [0.15, 0.2) is 47.9 Å². The van der Waals surface area contributed by atoms with Crippen molar-refractivity contribution in [2.75, 3.05) is 43.4 Å². The molecule has 2 aromatic heterocycles. The first-order chi connectivity index (χ1) is 13.5. The van der Waals surface area contributed by atoms with Crippen LogP contribution < -0.4 is 4.90 Å². The van der Waals surface area contributed by atoms with E-state index in [1.165, 1.54) is 29.0 Å². The number of rotatable bonds is 5. The number of thioether (sulfide) groups is 1. The average molecular weight is 407 g/mol. The summed E-state index contributed by atoms with van der Waals surface area (Å²) in [6, 6.07) is 9.28. The van der Waals surface area contributed by atoms with Crippen LogP contribution in [0.25, 0.3) is 10.9 Å². The van der Waals surface area contributed by atoms with Gasteiger partial charge >= 0.3 is 6.18 Å². The van der Waals surface area contributed by atoms with Gasteiger partial charge in [0.15, 0.2) is 5.16 Å². The number of fused-ring (bicyclic) bond motifs is 1. The molecule has 0 amide bonds. The molecule has 1 fully saturated rings. The highest BCUT2D eigenvalue weighted by molar-refractivity contribution is 7.99. The van der Waals surface area contributed by atoms with Crippen LogP contribution in [-0.2, 0) is 6.18 Å². The minimum Gasteiger partial charge on any atom is -0.368 e. The number of H-pyrrole nitrogens is 1. The van der Waals surface area contributed by atoms with Crippen molar-refractivity contribution in [3.8, 4) is 0 Å². The number of aromatic nitrogens is 3. The summed E-state index contributed by atoms with van der Waals surface area (Å²) in [5.41, 5.74) is 1.49. The van der Waals surface area contributed by atoms with Crippen molar-refractivity contribution in [3.05, 3.63) is 48.4 Å². The standard InChI is InChI=1S/C19H20F3N5S/c20-19(21,22)17-5-7-24-18(25-17)28-13-12-26-8-10-27(11-9-26)16-3-1-2-15-14(16)4-6-23-15/h1-7,23H,8-13H2. The lowest BCUT2D eigenvalue weighted by atomic mass is 10.2. The highest BCUT2D eigenvalue weighted by Gasteiger charge is 2.32. The van der Waals surface area contributed by atoms with Gasteiger partial charge < -0.3 is 9.88 Å². The Kier molecular flexibility index (Phi) is 5.45. The second kappa shape index (κ2) is 8.00. The van der Waals surface area contributed by atoms with Crippen LogP contribution >= 0.6 is 11.8 Å². The van der Waals surface area contributed by atoms with Crippen LogP contribution in [-0.4, -0.2) is 58.3 Å². The molecule has 1 N–H and O–H groups in total. The minimum atomic E-state index is -4.43. The number of nitrogens with one attached hydrogen (secondary N) is 1. The maximum absolute atomic E-state index is 12.7. The molecular weight excluding hydrogens is 387 g/mol. The van der Waals surface area contributed by atoms with Crippen molar-refractivity contribution in [1.29, 1.82) is 0 Å². The van der Waals surface area contributed by atoms with Gasteiger partial charge in [0.2, 0.25) is 0 Å². The fourth-order valence-corrected chi connectivity index (χ4v) is 4.22. The summed E-state index contributed by atoms with van der Waals surface area (Å²) in [5, 5.41) is 1.40. The predicted octanol–water partition coefficient (Wildman–Crippen LogP) is 3.89. The molecule has 1 aliphatic rings. The van der Waals surface area contributed by atoms with Gasteiger partial charge in [0.25, 0.3) is 0 Å². The molecule has 148 valence electrons. The zero-order chi connectivity index (χ0) is 19.6. The van der Waals surface area contributed by atoms with E-state index in [0.29, 0.717) is 5.75 Å². The summed E-state index contributed by atoms with van der Waals surface area (Å²) in [4.78, 5) is 15.5. The highest BCUT2D eigenvalue weighted by atomic mass is 32.2. The molecular formula is C19H20F3N5S. The maximum atomic E-state index is 12.7. The summed E-state index contributed by atoms with van der Waals surface area (Å²) in [6.45, 7) is 4.49. The van der Waals surface area contributed by atoms with Crippen LogP contribution in [0.3, 0.4) is 0 Å². The van der Waals surface area contributed by atoms with Crippen molar-refractivity contribution in [2.24, 2.45) is 0 Å². The van der Waals surface area contributed by atoms with Gasteiger partial charge in [-0.2, -0.15) is 13.2 Å². The molecule has 0 atom stereocenters. The Balaban J connectivity index is 1.28. The topological polar surface area (TPSA) is 48.1 Å². The third kappa shape index (κ3) is 4.25. The van der Waals surface area contributed by atoms with Crippen molar-refractivity contribution in [2.45, 2.75) is 11.3 Å². The number of piperazine rings is 1. The third-order valence-corrected chi connectivity index (χ3v) is 5.69. The molecule has 4 rings (SSSR count). The van der Waals surface area contributed by atoms with E-state index in [-0.39, 0.29) is 5.16 Å². The number of alkyl halides is 3.